The van der Waals surface area contributed by atoms with Gasteiger partial charge in [0, 0.05) is 6.20 Å². The smallest absolute Gasteiger partial charge is 0.270 e. The average molecular weight is 160 g/mol. The van der Waals surface area contributed by atoms with Crippen molar-refractivity contribution >= 4 is 11.7 Å². The number of fused-ring (bicyclic) bond motifs is 1. The van der Waals surface area contributed by atoms with Crippen LogP contribution in [0.3, 0.4) is 0 Å². The van der Waals surface area contributed by atoms with Crippen LogP contribution in [0.4, 0.5) is 5.82 Å². The minimum atomic E-state index is -0.982. The predicted octanol–water partition coefficient (Wildman–Crippen LogP) is 1.12. The Kier molecular flexibility index (Phi) is 1.27. The molecule has 2 rings (SSSR count). The molecule has 1 aliphatic rings. The van der Waals surface area contributed by atoms with Crippen molar-refractivity contribution in [3.8, 4) is 6.07 Å². The highest BCUT2D eigenvalue weighted by Crippen LogP contribution is 2.19. The molecule has 1 aromatic rings. The zero-order chi connectivity index (χ0) is 8.55. The molecule has 0 spiro atoms. The van der Waals surface area contributed by atoms with E-state index in [1.807, 2.05) is 0 Å². The molecule has 1 aromatic heterocycles. The predicted molar refractivity (Wildman–Crippen MR) is 39.0 cm³/mol. The standard InChI is InChI=1S/C7H4N4O/c8-4-5-7(12)11-3-1-2-6(11)10-9-5/h1-3,5H. The van der Waals surface area contributed by atoms with Gasteiger partial charge in [0.2, 0.25) is 6.04 Å². The zero-order valence-corrected chi connectivity index (χ0v) is 6.01. The molecule has 5 nitrogen and oxygen atoms in total. The van der Waals surface area contributed by atoms with Gasteiger partial charge in [0.05, 0.1) is 0 Å². The third-order valence-corrected chi connectivity index (χ3v) is 1.60. The minimum absolute atomic E-state index is 0.340. The van der Waals surface area contributed by atoms with Crippen LogP contribution in [0.1, 0.15) is 4.79 Å². The summed E-state index contributed by atoms with van der Waals surface area (Å²) in [6, 6.07) is 4.12. The van der Waals surface area contributed by atoms with E-state index >= 15 is 0 Å². The van der Waals surface area contributed by atoms with Crippen LogP contribution in [0.5, 0.6) is 0 Å². The molecule has 2 heterocycles. The van der Waals surface area contributed by atoms with E-state index in [2.05, 4.69) is 10.2 Å². The number of nitriles is 1. The van der Waals surface area contributed by atoms with Crippen LogP contribution in [0, 0.1) is 11.3 Å². The maximum atomic E-state index is 11.3. The van der Waals surface area contributed by atoms with Gasteiger partial charge in [-0.05, 0) is 12.1 Å². The van der Waals surface area contributed by atoms with Gasteiger partial charge < -0.3 is 0 Å². The number of nitrogens with zero attached hydrogens (tertiary/aromatic N) is 4. The van der Waals surface area contributed by atoms with Crippen LogP contribution >= 0.6 is 0 Å². The summed E-state index contributed by atoms with van der Waals surface area (Å²) in [5.41, 5.74) is 0. The quantitative estimate of drug-likeness (QED) is 0.570. The van der Waals surface area contributed by atoms with Crippen LogP contribution in [-0.2, 0) is 0 Å². The number of hydrogen-bond acceptors (Lipinski definition) is 4. The Balaban J connectivity index is 2.53. The summed E-state index contributed by atoms with van der Waals surface area (Å²) < 4.78 is 1.32. The van der Waals surface area contributed by atoms with Gasteiger partial charge in [0.1, 0.15) is 6.07 Å². The van der Waals surface area contributed by atoms with Crippen molar-refractivity contribution in [2.45, 2.75) is 6.04 Å². The molecule has 0 saturated carbocycles. The normalized spacial score (nSPS) is 20.2. The monoisotopic (exact) mass is 160 g/mol. The fourth-order valence-corrected chi connectivity index (χ4v) is 1.02. The molecule has 0 saturated heterocycles. The summed E-state index contributed by atoms with van der Waals surface area (Å²) in [5.74, 6) is 0.138. The molecule has 0 N–H and O–H groups in total. The summed E-state index contributed by atoms with van der Waals surface area (Å²) in [6.07, 6.45) is 1.57. The second-order valence-electron chi connectivity index (χ2n) is 2.32. The highest BCUT2D eigenvalue weighted by Gasteiger charge is 2.24. The molecule has 0 radical (unpaired) electrons. The van der Waals surface area contributed by atoms with Gasteiger partial charge in [-0.25, -0.2) is 0 Å². The number of carbonyl (C=O) groups excluding carboxylic acids is 1. The maximum absolute atomic E-state index is 11.3. The van der Waals surface area contributed by atoms with E-state index in [0.717, 1.165) is 0 Å². The van der Waals surface area contributed by atoms with Gasteiger partial charge in [0.25, 0.3) is 5.91 Å². The Bertz CT molecular complexity index is 398. The van der Waals surface area contributed by atoms with Crippen LogP contribution in [-0.4, -0.2) is 16.5 Å². The van der Waals surface area contributed by atoms with Crippen molar-refractivity contribution in [3.63, 3.8) is 0 Å². The molecule has 0 bridgehead atoms. The average Bonchev–Trinajstić information content (AvgIpc) is 2.53. The SMILES string of the molecule is N#CC1N=Nc2cccn2C1=O. The van der Waals surface area contributed by atoms with Crippen molar-refractivity contribution in [3.05, 3.63) is 18.3 Å². The summed E-state index contributed by atoms with van der Waals surface area (Å²) in [6.45, 7) is 0. The van der Waals surface area contributed by atoms with Gasteiger partial charge in [-0.1, -0.05) is 0 Å². The zero-order valence-electron chi connectivity index (χ0n) is 6.01. The number of aromatic nitrogens is 1. The van der Waals surface area contributed by atoms with Gasteiger partial charge in [0.15, 0.2) is 5.82 Å². The second-order valence-corrected chi connectivity index (χ2v) is 2.32. The Morgan fingerprint density at radius 3 is 3.25 bits per heavy atom. The highest BCUT2D eigenvalue weighted by atomic mass is 16.2. The molecule has 12 heavy (non-hydrogen) atoms. The first kappa shape index (κ1) is 6.73. The lowest BCUT2D eigenvalue weighted by molar-refractivity contribution is 0.0894. The molecule has 5 heteroatoms. The Morgan fingerprint density at radius 2 is 2.50 bits per heavy atom. The number of rotatable bonds is 0. The van der Waals surface area contributed by atoms with Crippen molar-refractivity contribution in [2.24, 2.45) is 10.2 Å². The first-order valence-corrected chi connectivity index (χ1v) is 3.35. The van der Waals surface area contributed by atoms with E-state index in [1.165, 1.54) is 4.57 Å². The first-order valence-electron chi connectivity index (χ1n) is 3.35. The largest absolute Gasteiger partial charge is 0.273 e. The molecular formula is C7H4N4O. The van der Waals surface area contributed by atoms with Crippen LogP contribution in [0.2, 0.25) is 0 Å². The summed E-state index contributed by atoms with van der Waals surface area (Å²) in [7, 11) is 0. The van der Waals surface area contributed by atoms with E-state index in [-0.39, 0.29) is 5.91 Å². The van der Waals surface area contributed by atoms with Crippen molar-refractivity contribution in [1.29, 1.82) is 5.26 Å². The van der Waals surface area contributed by atoms with E-state index in [4.69, 9.17) is 5.26 Å². The van der Waals surface area contributed by atoms with E-state index in [1.54, 1.807) is 24.4 Å². The fourth-order valence-electron chi connectivity index (χ4n) is 1.02. The number of azo groups is 1. The third-order valence-electron chi connectivity index (χ3n) is 1.60. The van der Waals surface area contributed by atoms with E-state index in [9.17, 15) is 4.79 Å². The van der Waals surface area contributed by atoms with Gasteiger partial charge in [-0.15, -0.1) is 5.11 Å². The number of carbonyl (C=O) groups is 1. The van der Waals surface area contributed by atoms with Crippen LogP contribution in [0.15, 0.2) is 28.6 Å². The topological polar surface area (TPSA) is 70.5 Å². The Morgan fingerprint density at radius 1 is 1.67 bits per heavy atom. The third kappa shape index (κ3) is 0.751. The number of hydrogen-bond donors (Lipinski definition) is 0. The summed E-state index contributed by atoms with van der Waals surface area (Å²) in [5, 5.41) is 15.7. The van der Waals surface area contributed by atoms with E-state index in [0.29, 0.717) is 5.82 Å². The molecule has 1 atom stereocenters. The second kappa shape index (κ2) is 2.27. The Labute approximate surface area is 67.9 Å². The lowest BCUT2D eigenvalue weighted by Gasteiger charge is -2.09. The Hall–Kier alpha value is -1.96. The first-order chi connectivity index (χ1) is 5.83. The molecular weight excluding hydrogens is 156 g/mol. The molecule has 0 aliphatic carbocycles. The van der Waals surface area contributed by atoms with E-state index < -0.39 is 6.04 Å². The van der Waals surface area contributed by atoms with Gasteiger partial charge in [-0.3, -0.25) is 9.36 Å². The van der Waals surface area contributed by atoms with Crippen LogP contribution < -0.4 is 0 Å². The molecule has 0 aromatic carbocycles. The van der Waals surface area contributed by atoms with Gasteiger partial charge in [-0.2, -0.15) is 10.4 Å². The molecule has 1 unspecified atom stereocenters. The highest BCUT2D eigenvalue weighted by molar-refractivity contribution is 5.90. The summed E-state index contributed by atoms with van der Waals surface area (Å²) in [4.78, 5) is 11.3. The lowest BCUT2D eigenvalue weighted by Crippen LogP contribution is -2.24. The molecule has 58 valence electrons. The van der Waals surface area contributed by atoms with Crippen LogP contribution in [0.25, 0.3) is 0 Å². The molecule has 0 fully saturated rings. The fraction of sp³-hybridized carbons (Fsp3) is 0.143. The molecule has 1 aliphatic heterocycles. The summed E-state index contributed by atoms with van der Waals surface area (Å²) >= 11 is 0. The lowest BCUT2D eigenvalue weighted by atomic mass is 10.3. The van der Waals surface area contributed by atoms with Crippen molar-refractivity contribution in [2.75, 3.05) is 0 Å². The molecule has 0 amide bonds. The maximum Gasteiger partial charge on any atom is 0.273 e. The minimum Gasteiger partial charge on any atom is -0.270 e. The van der Waals surface area contributed by atoms with Crippen molar-refractivity contribution in [1.82, 2.24) is 4.57 Å². The van der Waals surface area contributed by atoms with Gasteiger partial charge >= 0.3 is 0 Å². The van der Waals surface area contributed by atoms with Crippen molar-refractivity contribution < 1.29 is 4.79 Å².